The molecule has 2 heterocycles. The number of fused-ring (bicyclic) bond motifs is 6. The van der Waals surface area contributed by atoms with Crippen molar-refractivity contribution in [3.63, 3.8) is 0 Å². The molecule has 10 aromatic rings. The first-order valence-corrected chi connectivity index (χ1v) is 17.2. The summed E-state index contributed by atoms with van der Waals surface area (Å²) in [5.74, 6) is 1.93. The summed E-state index contributed by atoms with van der Waals surface area (Å²) >= 11 is 0. The topological polar surface area (TPSA) is 43.6 Å². The smallest absolute Gasteiger partial charge is 0.164 e. The second-order valence-corrected chi connectivity index (χ2v) is 12.9. The Morgan fingerprint density at radius 3 is 1.67 bits per heavy atom. The van der Waals surface area contributed by atoms with Crippen LogP contribution in [0.3, 0.4) is 0 Å². The second kappa shape index (κ2) is 11.9. The van der Waals surface area contributed by atoms with Crippen LogP contribution < -0.4 is 0 Å². The van der Waals surface area contributed by atoms with Gasteiger partial charge in [0.25, 0.3) is 0 Å². The van der Waals surface area contributed by atoms with Gasteiger partial charge in [0.2, 0.25) is 0 Å². The first-order valence-electron chi connectivity index (χ1n) is 17.2. The average Bonchev–Trinajstić information content (AvgIpc) is 3.55. The van der Waals surface area contributed by atoms with Gasteiger partial charge in [0, 0.05) is 33.2 Å². The lowest BCUT2D eigenvalue weighted by Gasteiger charge is -2.12. The molecule has 0 aliphatic rings. The van der Waals surface area contributed by atoms with Gasteiger partial charge in [0.05, 0.1) is 11.0 Å². The Bertz CT molecular complexity index is 2840. The van der Waals surface area contributed by atoms with Crippen LogP contribution in [0, 0.1) is 0 Å². The number of rotatable bonds is 5. The van der Waals surface area contributed by atoms with Gasteiger partial charge in [-0.05, 0) is 63.0 Å². The van der Waals surface area contributed by atoms with Gasteiger partial charge in [-0.2, -0.15) is 0 Å². The predicted octanol–water partition coefficient (Wildman–Crippen LogP) is 11.9. The fourth-order valence-corrected chi connectivity index (χ4v) is 7.41. The van der Waals surface area contributed by atoms with Crippen LogP contribution in [-0.2, 0) is 0 Å². The van der Waals surface area contributed by atoms with Crippen LogP contribution in [0.2, 0.25) is 0 Å². The zero-order valence-corrected chi connectivity index (χ0v) is 27.6. The molecule has 0 aliphatic carbocycles. The van der Waals surface area contributed by atoms with Gasteiger partial charge >= 0.3 is 0 Å². The molecule has 8 aromatic carbocycles. The third-order valence-corrected chi connectivity index (χ3v) is 9.82. The first-order chi connectivity index (χ1) is 25.3. The van der Waals surface area contributed by atoms with Crippen molar-refractivity contribution in [1.29, 1.82) is 0 Å². The van der Waals surface area contributed by atoms with Crippen LogP contribution >= 0.6 is 0 Å². The van der Waals surface area contributed by atoms with Gasteiger partial charge in [-0.1, -0.05) is 152 Å². The summed E-state index contributed by atoms with van der Waals surface area (Å²) in [5, 5.41) is 7.20. The Hall–Kier alpha value is -6.91. The maximum absolute atomic E-state index is 5.16. The van der Waals surface area contributed by atoms with E-state index < -0.39 is 0 Å². The van der Waals surface area contributed by atoms with Crippen molar-refractivity contribution in [2.24, 2.45) is 0 Å². The van der Waals surface area contributed by atoms with Crippen molar-refractivity contribution < 1.29 is 0 Å². The third kappa shape index (κ3) is 4.96. The van der Waals surface area contributed by atoms with E-state index in [1.165, 1.54) is 27.1 Å². The van der Waals surface area contributed by atoms with E-state index in [1.54, 1.807) is 0 Å². The van der Waals surface area contributed by atoms with E-state index >= 15 is 0 Å². The quantitative estimate of drug-likeness (QED) is 0.174. The molecule has 0 spiro atoms. The molecule has 0 unspecified atom stereocenters. The van der Waals surface area contributed by atoms with Crippen LogP contribution in [0.1, 0.15) is 0 Å². The van der Waals surface area contributed by atoms with Crippen LogP contribution in [0.4, 0.5) is 0 Å². The monoisotopic (exact) mass is 650 g/mol. The van der Waals surface area contributed by atoms with Crippen molar-refractivity contribution in [3.05, 3.63) is 182 Å². The largest absolute Gasteiger partial charge is 0.309 e. The lowest BCUT2D eigenvalue weighted by Crippen LogP contribution is -2.00. The highest BCUT2D eigenvalue weighted by molar-refractivity contribution is 6.16. The zero-order chi connectivity index (χ0) is 33.7. The van der Waals surface area contributed by atoms with E-state index in [9.17, 15) is 0 Å². The SMILES string of the molecule is c1ccc(-c2ccc3c(c2)c2c(-c4nc(-c5ccccc5)nc(-c5ccccc5)n4)cccc2n3-c2ccc3c(ccc4ccccc43)c2)cc1. The molecule has 0 bridgehead atoms. The van der Waals surface area contributed by atoms with Crippen molar-refractivity contribution in [2.45, 2.75) is 0 Å². The van der Waals surface area contributed by atoms with Crippen molar-refractivity contribution in [2.75, 3.05) is 0 Å². The first kappa shape index (κ1) is 29.0. The van der Waals surface area contributed by atoms with Crippen LogP contribution in [0.25, 0.3) is 94.3 Å². The average molecular weight is 651 g/mol. The molecule has 2 aromatic heterocycles. The van der Waals surface area contributed by atoms with E-state index in [4.69, 9.17) is 15.0 Å². The van der Waals surface area contributed by atoms with Crippen LogP contribution in [-0.4, -0.2) is 19.5 Å². The summed E-state index contributed by atoms with van der Waals surface area (Å²) in [4.78, 5) is 15.3. The number of benzene rings is 8. The molecule has 0 amide bonds. The standard InChI is InChI=1S/C47H30N4/c1-4-13-31(14-5-1)35-25-28-42-41(30-35)44-40(47-49-45(33-16-6-2-7-17-33)48-46(50-47)34-18-8-3-9-19-34)21-12-22-43(44)51(42)37-26-27-39-36(29-37)24-23-32-15-10-11-20-38(32)39/h1-30H. The second-order valence-electron chi connectivity index (χ2n) is 12.9. The number of hydrogen-bond donors (Lipinski definition) is 0. The minimum atomic E-state index is 0.641. The number of hydrogen-bond acceptors (Lipinski definition) is 3. The molecule has 10 rings (SSSR count). The van der Waals surface area contributed by atoms with Gasteiger partial charge in [0.15, 0.2) is 17.5 Å². The molecule has 238 valence electrons. The Labute approximate surface area is 295 Å². The van der Waals surface area contributed by atoms with Crippen molar-refractivity contribution in [1.82, 2.24) is 19.5 Å². The molecular formula is C47H30N4. The van der Waals surface area contributed by atoms with Crippen molar-refractivity contribution >= 4 is 43.4 Å². The molecule has 0 aliphatic heterocycles. The van der Waals surface area contributed by atoms with E-state index in [1.807, 2.05) is 36.4 Å². The fraction of sp³-hybridized carbons (Fsp3) is 0. The molecule has 0 atom stereocenters. The fourth-order valence-electron chi connectivity index (χ4n) is 7.41. The lowest BCUT2D eigenvalue weighted by atomic mass is 10.0. The third-order valence-electron chi connectivity index (χ3n) is 9.82. The highest BCUT2D eigenvalue weighted by atomic mass is 15.0. The molecule has 0 radical (unpaired) electrons. The summed E-state index contributed by atoms with van der Waals surface area (Å²) in [6.45, 7) is 0. The lowest BCUT2D eigenvalue weighted by molar-refractivity contribution is 1.08. The van der Waals surface area contributed by atoms with E-state index in [0.717, 1.165) is 49.7 Å². The van der Waals surface area contributed by atoms with E-state index in [2.05, 4.69) is 150 Å². The molecule has 0 saturated carbocycles. The van der Waals surface area contributed by atoms with Crippen LogP contribution in [0.15, 0.2) is 182 Å². The predicted molar refractivity (Wildman–Crippen MR) is 211 cm³/mol. The van der Waals surface area contributed by atoms with E-state index in [-0.39, 0.29) is 0 Å². The van der Waals surface area contributed by atoms with E-state index in [0.29, 0.717) is 17.5 Å². The summed E-state index contributed by atoms with van der Waals surface area (Å²) in [7, 11) is 0. The maximum Gasteiger partial charge on any atom is 0.164 e. The van der Waals surface area contributed by atoms with Crippen LogP contribution in [0.5, 0.6) is 0 Å². The zero-order valence-electron chi connectivity index (χ0n) is 27.6. The van der Waals surface area contributed by atoms with Gasteiger partial charge in [-0.15, -0.1) is 0 Å². The van der Waals surface area contributed by atoms with Gasteiger partial charge < -0.3 is 4.57 Å². The van der Waals surface area contributed by atoms with Gasteiger partial charge in [0.1, 0.15) is 0 Å². The Kier molecular flexibility index (Phi) is 6.78. The summed E-state index contributed by atoms with van der Waals surface area (Å²) in [6, 6.07) is 64.0. The van der Waals surface area contributed by atoms with Gasteiger partial charge in [-0.3, -0.25) is 0 Å². The highest BCUT2D eigenvalue weighted by Crippen LogP contribution is 2.41. The molecule has 0 saturated heterocycles. The summed E-state index contributed by atoms with van der Waals surface area (Å²) in [6.07, 6.45) is 0. The molecule has 51 heavy (non-hydrogen) atoms. The molecule has 4 heteroatoms. The molecule has 0 fully saturated rings. The minimum Gasteiger partial charge on any atom is -0.309 e. The Balaban J connectivity index is 1.27. The molecule has 4 nitrogen and oxygen atoms in total. The Morgan fingerprint density at radius 1 is 0.333 bits per heavy atom. The van der Waals surface area contributed by atoms with Gasteiger partial charge in [-0.25, -0.2) is 15.0 Å². The maximum atomic E-state index is 5.16. The number of aromatic nitrogens is 4. The summed E-state index contributed by atoms with van der Waals surface area (Å²) < 4.78 is 2.38. The molecular weight excluding hydrogens is 621 g/mol. The summed E-state index contributed by atoms with van der Waals surface area (Å²) in [5.41, 5.74) is 8.51. The Morgan fingerprint density at radius 2 is 0.941 bits per heavy atom. The highest BCUT2D eigenvalue weighted by Gasteiger charge is 2.20. The normalized spacial score (nSPS) is 11.5. The number of nitrogens with zero attached hydrogens (tertiary/aromatic N) is 4. The van der Waals surface area contributed by atoms with Crippen molar-refractivity contribution in [3.8, 4) is 51.0 Å². The molecule has 0 N–H and O–H groups in total. The minimum absolute atomic E-state index is 0.641.